The lowest BCUT2D eigenvalue weighted by Gasteiger charge is -2.19. The summed E-state index contributed by atoms with van der Waals surface area (Å²) < 4.78 is 0. The van der Waals surface area contributed by atoms with Crippen LogP contribution in [-0.4, -0.2) is 35.5 Å². The molecule has 98 valence electrons. The molecule has 0 atom stereocenters. The first kappa shape index (κ1) is 14.2. The molecule has 0 saturated carbocycles. The second kappa shape index (κ2) is 6.19. The van der Waals surface area contributed by atoms with E-state index >= 15 is 0 Å². The van der Waals surface area contributed by atoms with Crippen molar-refractivity contribution in [2.75, 3.05) is 13.6 Å². The van der Waals surface area contributed by atoms with Crippen LogP contribution < -0.4 is 0 Å². The normalized spacial score (nSPS) is 10.4. The molecule has 1 rings (SSSR count). The molecule has 0 aliphatic rings. The monoisotopic (exact) mass is 249 g/mol. The van der Waals surface area contributed by atoms with Gasteiger partial charge in [0.05, 0.1) is 12.0 Å². The van der Waals surface area contributed by atoms with E-state index in [1.807, 2.05) is 0 Å². The van der Waals surface area contributed by atoms with Crippen LogP contribution >= 0.6 is 0 Å². The summed E-state index contributed by atoms with van der Waals surface area (Å²) in [5, 5.41) is 8.88. The average Bonchev–Trinajstić information content (AvgIpc) is 2.28. The van der Waals surface area contributed by atoms with Crippen LogP contribution in [0.2, 0.25) is 0 Å². The maximum absolute atomic E-state index is 11.9. The number of likely N-dealkylation sites (N-methyl/N-ethyl adjacent to an activating group) is 1. The first-order valence-corrected chi connectivity index (χ1v) is 5.96. The standard InChI is InChI=1S/C14H19NO3/c1-10(2)9-15(3)13(16)8-11-5-4-6-12(7-11)14(17)18/h4-7,10H,8-9H2,1-3H3,(H,17,18). The molecule has 1 aromatic rings. The quantitative estimate of drug-likeness (QED) is 0.868. The predicted octanol–water partition coefficient (Wildman–Crippen LogP) is 2.04. The summed E-state index contributed by atoms with van der Waals surface area (Å²) in [5.74, 6) is -0.546. The van der Waals surface area contributed by atoms with Crippen molar-refractivity contribution in [1.82, 2.24) is 4.90 Å². The van der Waals surface area contributed by atoms with Gasteiger partial charge in [-0.15, -0.1) is 0 Å². The van der Waals surface area contributed by atoms with Crippen molar-refractivity contribution in [1.29, 1.82) is 0 Å². The van der Waals surface area contributed by atoms with Gasteiger partial charge in [-0.2, -0.15) is 0 Å². The van der Waals surface area contributed by atoms with Crippen LogP contribution in [0, 0.1) is 5.92 Å². The van der Waals surface area contributed by atoms with E-state index in [9.17, 15) is 9.59 Å². The SMILES string of the molecule is CC(C)CN(C)C(=O)Cc1cccc(C(=O)O)c1. The van der Waals surface area contributed by atoms with Gasteiger partial charge in [-0.05, 0) is 23.6 Å². The van der Waals surface area contributed by atoms with Crippen molar-refractivity contribution in [3.63, 3.8) is 0 Å². The number of hydrogen-bond donors (Lipinski definition) is 1. The van der Waals surface area contributed by atoms with E-state index in [4.69, 9.17) is 5.11 Å². The summed E-state index contributed by atoms with van der Waals surface area (Å²) in [5.41, 5.74) is 0.947. The van der Waals surface area contributed by atoms with Gasteiger partial charge < -0.3 is 10.0 Å². The predicted molar refractivity (Wildman–Crippen MR) is 69.6 cm³/mol. The van der Waals surface area contributed by atoms with E-state index in [0.29, 0.717) is 12.5 Å². The third-order valence-corrected chi connectivity index (χ3v) is 2.59. The Bertz CT molecular complexity index is 440. The summed E-state index contributed by atoms with van der Waals surface area (Å²) in [6.45, 7) is 4.81. The minimum atomic E-state index is -0.972. The van der Waals surface area contributed by atoms with Gasteiger partial charge in [0, 0.05) is 13.6 Å². The van der Waals surface area contributed by atoms with Gasteiger partial charge in [-0.3, -0.25) is 4.79 Å². The molecule has 0 unspecified atom stereocenters. The smallest absolute Gasteiger partial charge is 0.335 e. The maximum Gasteiger partial charge on any atom is 0.335 e. The van der Waals surface area contributed by atoms with Crippen LogP contribution in [0.5, 0.6) is 0 Å². The molecule has 0 aliphatic carbocycles. The molecule has 1 aromatic carbocycles. The fourth-order valence-electron chi connectivity index (χ4n) is 1.77. The Morgan fingerprint density at radius 1 is 1.33 bits per heavy atom. The summed E-state index contributed by atoms with van der Waals surface area (Å²) in [6.07, 6.45) is 0.240. The minimum absolute atomic E-state index is 0.00578. The molecule has 0 spiro atoms. The van der Waals surface area contributed by atoms with Crippen molar-refractivity contribution in [3.05, 3.63) is 35.4 Å². The summed E-state index contributed by atoms with van der Waals surface area (Å²) >= 11 is 0. The van der Waals surface area contributed by atoms with E-state index in [2.05, 4.69) is 13.8 Å². The lowest BCUT2D eigenvalue weighted by Crippen LogP contribution is -2.31. The maximum atomic E-state index is 11.9. The zero-order valence-electron chi connectivity index (χ0n) is 11.0. The van der Waals surface area contributed by atoms with Gasteiger partial charge in [0.15, 0.2) is 0 Å². The molecule has 0 bridgehead atoms. The number of aromatic carboxylic acids is 1. The molecule has 0 fully saturated rings. The number of carboxylic acids is 1. The Hall–Kier alpha value is -1.84. The molecule has 1 amide bonds. The fourth-order valence-corrected chi connectivity index (χ4v) is 1.77. The topological polar surface area (TPSA) is 57.6 Å². The van der Waals surface area contributed by atoms with Crippen molar-refractivity contribution < 1.29 is 14.7 Å². The Kier molecular flexibility index (Phi) is 4.89. The van der Waals surface area contributed by atoms with Crippen LogP contribution in [0.15, 0.2) is 24.3 Å². The number of carboxylic acid groups (broad SMARTS) is 1. The van der Waals surface area contributed by atoms with Crippen molar-refractivity contribution in [2.24, 2.45) is 5.92 Å². The highest BCUT2D eigenvalue weighted by atomic mass is 16.4. The largest absolute Gasteiger partial charge is 0.478 e. The van der Waals surface area contributed by atoms with Gasteiger partial charge in [0.2, 0.25) is 5.91 Å². The fraction of sp³-hybridized carbons (Fsp3) is 0.429. The van der Waals surface area contributed by atoms with Gasteiger partial charge in [-0.1, -0.05) is 26.0 Å². The molecule has 0 aliphatic heterocycles. The summed E-state index contributed by atoms with van der Waals surface area (Å²) in [7, 11) is 1.77. The molecule has 0 saturated heterocycles. The number of carbonyl (C=O) groups excluding carboxylic acids is 1. The van der Waals surface area contributed by atoms with Crippen molar-refractivity contribution in [3.8, 4) is 0 Å². The van der Waals surface area contributed by atoms with Gasteiger partial charge >= 0.3 is 5.97 Å². The van der Waals surface area contributed by atoms with E-state index in [1.54, 1.807) is 30.1 Å². The second-order valence-electron chi connectivity index (χ2n) is 4.85. The van der Waals surface area contributed by atoms with Crippen LogP contribution in [0.1, 0.15) is 29.8 Å². The highest BCUT2D eigenvalue weighted by Gasteiger charge is 2.12. The Morgan fingerprint density at radius 3 is 2.56 bits per heavy atom. The van der Waals surface area contributed by atoms with E-state index in [-0.39, 0.29) is 17.9 Å². The molecule has 0 aromatic heterocycles. The lowest BCUT2D eigenvalue weighted by atomic mass is 10.1. The van der Waals surface area contributed by atoms with Gasteiger partial charge in [0.1, 0.15) is 0 Å². The van der Waals surface area contributed by atoms with Gasteiger partial charge in [-0.25, -0.2) is 4.79 Å². The second-order valence-corrected chi connectivity index (χ2v) is 4.85. The van der Waals surface area contributed by atoms with E-state index < -0.39 is 5.97 Å². The molecule has 0 radical (unpaired) electrons. The number of carbonyl (C=O) groups is 2. The molecule has 18 heavy (non-hydrogen) atoms. The van der Waals surface area contributed by atoms with Crippen molar-refractivity contribution in [2.45, 2.75) is 20.3 Å². The third-order valence-electron chi connectivity index (χ3n) is 2.59. The van der Waals surface area contributed by atoms with Crippen LogP contribution in [-0.2, 0) is 11.2 Å². The number of benzene rings is 1. The number of rotatable bonds is 5. The molecule has 1 N–H and O–H groups in total. The molecule has 4 nitrogen and oxygen atoms in total. The zero-order valence-corrected chi connectivity index (χ0v) is 11.0. The highest BCUT2D eigenvalue weighted by Crippen LogP contribution is 2.08. The lowest BCUT2D eigenvalue weighted by molar-refractivity contribution is -0.129. The molecule has 4 heteroatoms. The summed E-state index contributed by atoms with van der Waals surface area (Å²) in [4.78, 5) is 24.4. The highest BCUT2D eigenvalue weighted by molar-refractivity contribution is 5.88. The Labute approximate surface area is 107 Å². The Balaban J connectivity index is 2.70. The van der Waals surface area contributed by atoms with Crippen LogP contribution in [0.3, 0.4) is 0 Å². The van der Waals surface area contributed by atoms with Crippen LogP contribution in [0.25, 0.3) is 0 Å². The molecular formula is C14H19NO3. The number of hydrogen-bond acceptors (Lipinski definition) is 2. The number of nitrogens with zero attached hydrogens (tertiary/aromatic N) is 1. The molecule has 0 heterocycles. The zero-order chi connectivity index (χ0) is 13.7. The Morgan fingerprint density at radius 2 is 2.00 bits per heavy atom. The van der Waals surface area contributed by atoms with Crippen molar-refractivity contribution >= 4 is 11.9 Å². The molecular weight excluding hydrogens is 230 g/mol. The summed E-state index contributed by atoms with van der Waals surface area (Å²) in [6, 6.07) is 6.50. The van der Waals surface area contributed by atoms with E-state index in [0.717, 1.165) is 5.56 Å². The van der Waals surface area contributed by atoms with Crippen LogP contribution in [0.4, 0.5) is 0 Å². The average molecular weight is 249 g/mol. The van der Waals surface area contributed by atoms with Gasteiger partial charge in [0.25, 0.3) is 0 Å². The van der Waals surface area contributed by atoms with E-state index in [1.165, 1.54) is 6.07 Å². The minimum Gasteiger partial charge on any atom is -0.478 e. The first-order chi connectivity index (χ1) is 8.40. The first-order valence-electron chi connectivity index (χ1n) is 5.96. The third kappa shape index (κ3) is 4.20. The number of amides is 1.